The predicted octanol–water partition coefficient (Wildman–Crippen LogP) is 1.68. The van der Waals surface area contributed by atoms with Crippen LogP contribution in [0.2, 0.25) is 0 Å². The van der Waals surface area contributed by atoms with Crippen LogP contribution in [0.1, 0.15) is 26.7 Å². The molecule has 1 saturated heterocycles. The van der Waals surface area contributed by atoms with Crippen LogP contribution in [-0.4, -0.2) is 48.5 Å². The summed E-state index contributed by atoms with van der Waals surface area (Å²) >= 11 is 3.44. The van der Waals surface area contributed by atoms with Gasteiger partial charge in [-0.15, -0.1) is 0 Å². The minimum absolute atomic E-state index is 0.457. The van der Waals surface area contributed by atoms with E-state index in [-0.39, 0.29) is 0 Å². The van der Waals surface area contributed by atoms with Crippen molar-refractivity contribution < 1.29 is 8.42 Å². The van der Waals surface area contributed by atoms with Crippen molar-refractivity contribution in [1.82, 2.24) is 8.61 Å². The molecule has 1 rings (SSSR count). The maximum absolute atomic E-state index is 12.2. The second-order valence-corrected chi connectivity index (χ2v) is 6.69. The van der Waals surface area contributed by atoms with Crippen molar-refractivity contribution in [2.45, 2.75) is 26.7 Å². The fourth-order valence-corrected chi connectivity index (χ4v) is 4.34. The second-order valence-electron chi connectivity index (χ2n) is 4.11. The molecule has 0 N–H and O–H groups in total. The number of alkyl halides is 1. The van der Waals surface area contributed by atoms with Gasteiger partial charge in [0.15, 0.2) is 0 Å². The van der Waals surface area contributed by atoms with Gasteiger partial charge in [-0.3, -0.25) is 0 Å². The van der Waals surface area contributed by atoms with E-state index in [9.17, 15) is 8.42 Å². The molecule has 0 radical (unpaired) electrons. The van der Waals surface area contributed by atoms with Gasteiger partial charge in [0.1, 0.15) is 0 Å². The monoisotopic (exact) mass is 312 g/mol. The number of piperidine rings is 1. The molecule has 16 heavy (non-hydrogen) atoms. The van der Waals surface area contributed by atoms with Gasteiger partial charge in [-0.25, -0.2) is 0 Å². The molecule has 1 unspecified atom stereocenters. The van der Waals surface area contributed by atoms with E-state index in [2.05, 4.69) is 15.9 Å². The van der Waals surface area contributed by atoms with Crippen LogP contribution in [0.15, 0.2) is 0 Å². The summed E-state index contributed by atoms with van der Waals surface area (Å²) < 4.78 is 27.7. The number of hydrogen-bond acceptors (Lipinski definition) is 2. The van der Waals surface area contributed by atoms with Crippen LogP contribution >= 0.6 is 15.9 Å². The first-order valence-electron chi connectivity index (χ1n) is 5.87. The zero-order chi connectivity index (χ0) is 12.2. The van der Waals surface area contributed by atoms with Gasteiger partial charge in [0.05, 0.1) is 0 Å². The molecule has 0 aromatic heterocycles. The van der Waals surface area contributed by atoms with Gasteiger partial charge in [0, 0.05) is 31.5 Å². The van der Waals surface area contributed by atoms with E-state index in [1.807, 2.05) is 13.8 Å². The average molecular weight is 313 g/mol. The molecule has 0 aliphatic carbocycles. The lowest BCUT2D eigenvalue weighted by Gasteiger charge is -2.34. The highest BCUT2D eigenvalue weighted by Gasteiger charge is 2.31. The average Bonchev–Trinajstić information content (AvgIpc) is 2.30. The second kappa shape index (κ2) is 6.33. The molecular weight excluding hydrogens is 292 g/mol. The van der Waals surface area contributed by atoms with Crippen LogP contribution in [-0.2, 0) is 10.2 Å². The summed E-state index contributed by atoms with van der Waals surface area (Å²) in [5.41, 5.74) is 0. The van der Waals surface area contributed by atoms with Crippen molar-refractivity contribution >= 4 is 26.1 Å². The highest BCUT2D eigenvalue weighted by Crippen LogP contribution is 2.22. The molecule has 1 heterocycles. The lowest BCUT2D eigenvalue weighted by Crippen LogP contribution is -2.48. The maximum Gasteiger partial charge on any atom is 0.281 e. The molecule has 0 bridgehead atoms. The molecule has 6 heteroatoms. The molecule has 96 valence electrons. The Balaban J connectivity index is 2.75. The van der Waals surface area contributed by atoms with Gasteiger partial charge in [-0.2, -0.15) is 17.0 Å². The number of halogens is 1. The lowest BCUT2D eigenvalue weighted by molar-refractivity contribution is 0.264. The first-order chi connectivity index (χ1) is 7.56. The molecule has 0 aromatic rings. The Morgan fingerprint density at radius 2 is 2.00 bits per heavy atom. The molecular formula is C10H21BrN2O2S. The Morgan fingerprint density at radius 1 is 1.38 bits per heavy atom. The van der Waals surface area contributed by atoms with E-state index in [4.69, 9.17) is 0 Å². The van der Waals surface area contributed by atoms with E-state index in [1.54, 1.807) is 4.31 Å². The van der Waals surface area contributed by atoms with Gasteiger partial charge in [0.2, 0.25) is 0 Å². The van der Waals surface area contributed by atoms with E-state index in [1.165, 1.54) is 4.31 Å². The van der Waals surface area contributed by atoms with Crippen molar-refractivity contribution in [3.8, 4) is 0 Å². The summed E-state index contributed by atoms with van der Waals surface area (Å²) in [6.45, 7) is 6.19. The Hall–Kier alpha value is 0.350. The third-order valence-electron chi connectivity index (χ3n) is 3.06. The first kappa shape index (κ1) is 14.4. The summed E-state index contributed by atoms with van der Waals surface area (Å²) in [5.74, 6) is 0.457. The topological polar surface area (TPSA) is 40.6 Å². The van der Waals surface area contributed by atoms with Gasteiger partial charge < -0.3 is 0 Å². The maximum atomic E-state index is 12.2. The van der Waals surface area contributed by atoms with E-state index in [0.717, 1.165) is 18.2 Å². The van der Waals surface area contributed by atoms with Crippen molar-refractivity contribution in [3.05, 3.63) is 0 Å². The zero-order valence-corrected chi connectivity index (χ0v) is 12.4. The van der Waals surface area contributed by atoms with E-state index < -0.39 is 10.2 Å². The van der Waals surface area contributed by atoms with Gasteiger partial charge >= 0.3 is 0 Å². The van der Waals surface area contributed by atoms with Gasteiger partial charge in [-0.05, 0) is 18.8 Å². The van der Waals surface area contributed by atoms with Gasteiger partial charge in [0.25, 0.3) is 10.2 Å². The van der Waals surface area contributed by atoms with Crippen LogP contribution < -0.4 is 0 Å². The predicted molar refractivity (Wildman–Crippen MR) is 69.9 cm³/mol. The summed E-state index contributed by atoms with van der Waals surface area (Å²) in [4.78, 5) is 0. The minimum atomic E-state index is -3.22. The lowest BCUT2D eigenvalue weighted by atomic mass is 10.0. The van der Waals surface area contributed by atoms with Crippen molar-refractivity contribution in [3.63, 3.8) is 0 Å². The Kier molecular flexibility index (Phi) is 5.70. The zero-order valence-electron chi connectivity index (χ0n) is 10.0. The third-order valence-corrected chi connectivity index (χ3v) is 6.13. The van der Waals surface area contributed by atoms with Gasteiger partial charge in [-0.1, -0.05) is 29.8 Å². The summed E-state index contributed by atoms with van der Waals surface area (Å²) in [7, 11) is -3.22. The number of rotatable bonds is 5. The van der Waals surface area contributed by atoms with E-state index in [0.29, 0.717) is 32.1 Å². The Morgan fingerprint density at radius 3 is 2.50 bits per heavy atom. The first-order valence-corrected chi connectivity index (χ1v) is 8.39. The van der Waals surface area contributed by atoms with Crippen molar-refractivity contribution in [1.29, 1.82) is 0 Å². The van der Waals surface area contributed by atoms with Crippen molar-refractivity contribution in [2.24, 2.45) is 5.92 Å². The molecule has 1 atom stereocenters. The quantitative estimate of drug-likeness (QED) is 0.725. The van der Waals surface area contributed by atoms with Crippen LogP contribution in [0.3, 0.4) is 0 Å². The van der Waals surface area contributed by atoms with Crippen LogP contribution in [0.4, 0.5) is 0 Å². The third kappa shape index (κ3) is 3.18. The Labute approximate surface area is 107 Å². The minimum Gasteiger partial charge on any atom is -0.195 e. The molecule has 0 spiro atoms. The fourth-order valence-electron chi connectivity index (χ4n) is 2.08. The molecule has 4 nitrogen and oxygen atoms in total. The number of nitrogens with zero attached hydrogens (tertiary/aromatic N) is 2. The van der Waals surface area contributed by atoms with Crippen molar-refractivity contribution in [2.75, 3.05) is 31.5 Å². The van der Waals surface area contributed by atoms with E-state index >= 15 is 0 Å². The molecule has 0 aromatic carbocycles. The number of hydrogen-bond donors (Lipinski definition) is 0. The highest BCUT2D eigenvalue weighted by atomic mass is 79.9. The molecule has 0 saturated carbocycles. The SMILES string of the molecule is CCN(CC)S(=O)(=O)N1CCCC(CBr)C1. The van der Waals surface area contributed by atoms with Crippen LogP contribution in [0.25, 0.3) is 0 Å². The van der Waals surface area contributed by atoms with Crippen LogP contribution in [0.5, 0.6) is 0 Å². The fraction of sp³-hybridized carbons (Fsp3) is 1.00. The molecule has 1 aliphatic heterocycles. The highest BCUT2D eigenvalue weighted by molar-refractivity contribution is 9.09. The summed E-state index contributed by atoms with van der Waals surface area (Å²) in [6, 6.07) is 0. The molecule has 1 aliphatic rings. The molecule has 0 amide bonds. The summed E-state index contributed by atoms with van der Waals surface area (Å²) in [6.07, 6.45) is 2.09. The van der Waals surface area contributed by atoms with Crippen LogP contribution in [0, 0.1) is 5.92 Å². The normalized spacial score (nSPS) is 23.9. The smallest absolute Gasteiger partial charge is 0.195 e. The largest absolute Gasteiger partial charge is 0.281 e. The summed E-state index contributed by atoms with van der Waals surface area (Å²) in [5, 5.41) is 0.886. The standard InChI is InChI=1S/C10H21BrN2O2S/c1-3-12(4-2)16(14,15)13-7-5-6-10(8-11)9-13/h10H,3-9H2,1-2H3. The molecule has 1 fully saturated rings. The Bertz CT molecular complexity index is 304.